The number of nitrogens with one attached hydrogen (secondary N) is 1. The lowest BCUT2D eigenvalue weighted by Gasteiger charge is -2.23. The van der Waals surface area contributed by atoms with Gasteiger partial charge in [0.15, 0.2) is 0 Å². The molecule has 0 amide bonds. The number of aryl methyl sites for hydroxylation is 1. The predicted molar refractivity (Wildman–Crippen MR) is 65.0 cm³/mol. The van der Waals surface area contributed by atoms with Gasteiger partial charge in [-0.3, -0.25) is 0 Å². The quantitative estimate of drug-likeness (QED) is 0.802. The van der Waals surface area contributed by atoms with Crippen molar-refractivity contribution in [2.45, 2.75) is 32.6 Å². The highest BCUT2D eigenvalue weighted by Crippen LogP contribution is 2.44. The van der Waals surface area contributed by atoms with Crippen molar-refractivity contribution in [3.05, 3.63) is 27.7 Å². The zero-order valence-corrected chi connectivity index (χ0v) is 10.5. The van der Waals surface area contributed by atoms with Crippen molar-refractivity contribution in [3.8, 4) is 0 Å². The first kappa shape index (κ1) is 10.0. The van der Waals surface area contributed by atoms with E-state index >= 15 is 0 Å². The summed E-state index contributed by atoms with van der Waals surface area (Å²) in [5, 5.41) is 3.52. The van der Waals surface area contributed by atoms with Crippen molar-refractivity contribution in [1.82, 2.24) is 0 Å². The van der Waals surface area contributed by atoms with Crippen LogP contribution in [0.15, 0.2) is 16.6 Å². The second-order valence-corrected chi connectivity index (χ2v) is 5.24. The molecule has 1 aromatic rings. The van der Waals surface area contributed by atoms with Crippen molar-refractivity contribution in [2.75, 3.05) is 11.9 Å². The lowest BCUT2D eigenvalue weighted by Crippen LogP contribution is -2.23. The van der Waals surface area contributed by atoms with Gasteiger partial charge in [-0.25, -0.2) is 0 Å². The number of fused-ring (bicyclic) bond motifs is 1. The van der Waals surface area contributed by atoms with Gasteiger partial charge in [0.2, 0.25) is 0 Å². The third-order valence-corrected chi connectivity index (χ3v) is 4.06. The topological polar surface area (TPSA) is 12.0 Å². The molecule has 1 aromatic carbocycles. The van der Waals surface area contributed by atoms with Gasteiger partial charge in [-0.1, -0.05) is 35.8 Å². The van der Waals surface area contributed by atoms with Crippen molar-refractivity contribution < 1.29 is 0 Å². The van der Waals surface area contributed by atoms with E-state index in [1.165, 1.54) is 27.7 Å². The van der Waals surface area contributed by atoms with Gasteiger partial charge < -0.3 is 5.32 Å². The van der Waals surface area contributed by atoms with Crippen molar-refractivity contribution >= 4 is 21.6 Å². The second kappa shape index (κ2) is 3.27. The van der Waals surface area contributed by atoms with Crippen LogP contribution < -0.4 is 5.32 Å². The lowest BCUT2D eigenvalue weighted by molar-refractivity contribution is 0.502. The first-order valence-corrected chi connectivity index (χ1v) is 5.91. The molecule has 0 spiro atoms. The summed E-state index contributed by atoms with van der Waals surface area (Å²) < 4.78 is 1.24. The van der Waals surface area contributed by atoms with Crippen LogP contribution in [0.3, 0.4) is 0 Å². The monoisotopic (exact) mass is 253 g/mol. The van der Waals surface area contributed by atoms with E-state index in [2.05, 4.69) is 54.2 Å². The van der Waals surface area contributed by atoms with Crippen LogP contribution in [0, 0.1) is 6.92 Å². The Balaban J connectivity index is 2.64. The Hall–Kier alpha value is -0.500. The van der Waals surface area contributed by atoms with Crippen LogP contribution in [0.25, 0.3) is 0 Å². The number of anilines is 1. The Labute approximate surface area is 94.0 Å². The second-order valence-electron chi connectivity index (χ2n) is 4.38. The summed E-state index contributed by atoms with van der Waals surface area (Å²) in [5.74, 6) is 0. The molecule has 0 fully saturated rings. The maximum Gasteiger partial charge on any atom is 0.0420 e. The minimum atomic E-state index is 0.292. The van der Waals surface area contributed by atoms with Gasteiger partial charge in [-0.2, -0.15) is 0 Å². The Morgan fingerprint density at radius 1 is 1.50 bits per heavy atom. The Bertz CT molecular complexity index is 373. The van der Waals surface area contributed by atoms with E-state index in [-0.39, 0.29) is 0 Å². The molecule has 1 N–H and O–H groups in total. The molecule has 0 saturated carbocycles. The molecule has 0 bridgehead atoms. The number of hydrogen-bond acceptors (Lipinski definition) is 1. The molecule has 2 rings (SSSR count). The normalized spacial score (nSPS) is 24.6. The van der Waals surface area contributed by atoms with E-state index in [9.17, 15) is 0 Å². The smallest absolute Gasteiger partial charge is 0.0420 e. The summed E-state index contributed by atoms with van der Waals surface area (Å²) in [6.07, 6.45) is 1.18. The summed E-state index contributed by atoms with van der Waals surface area (Å²) in [7, 11) is 0. The van der Waals surface area contributed by atoms with Gasteiger partial charge in [0.1, 0.15) is 0 Å². The molecule has 1 nitrogen and oxygen atoms in total. The number of rotatable bonds is 1. The minimum Gasteiger partial charge on any atom is -0.384 e. The Morgan fingerprint density at radius 2 is 2.21 bits per heavy atom. The standard InChI is InChI=1S/C12H16BrN/c1-4-12(3)7-14-11-8(2)5-6-9(13)10(11)12/h5-6,14H,4,7H2,1-3H3. The molecule has 0 radical (unpaired) electrons. The molecule has 1 heterocycles. The molecule has 0 aromatic heterocycles. The average molecular weight is 254 g/mol. The summed E-state index contributed by atoms with van der Waals surface area (Å²) >= 11 is 3.66. The van der Waals surface area contributed by atoms with Gasteiger partial charge >= 0.3 is 0 Å². The first-order valence-electron chi connectivity index (χ1n) is 5.12. The highest BCUT2D eigenvalue weighted by molar-refractivity contribution is 9.10. The Morgan fingerprint density at radius 3 is 2.86 bits per heavy atom. The van der Waals surface area contributed by atoms with Crippen LogP contribution in [0.4, 0.5) is 5.69 Å². The van der Waals surface area contributed by atoms with E-state index < -0.39 is 0 Å². The average Bonchev–Trinajstić information content (AvgIpc) is 2.53. The molecular formula is C12H16BrN. The van der Waals surface area contributed by atoms with Crippen LogP contribution in [-0.4, -0.2) is 6.54 Å². The highest BCUT2D eigenvalue weighted by atomic mass is 79.9. The Kier molecular flexibility index (Phi) is 2.34. The zero-order valence-electron chi connectivity index (χ0n) is 8.95. The van der Waals surface area contributed by atoms with Crippen LogP contribution in [-0.2, 0) is 5.41 Å². The lowest BCUT2D eigenvalue weighted by atomic mass is 9.81. The fourth-order valence-corrected chi connectivity index (χ4v) is 2.98. The summed E-state index contributed by atoms with van der Waals surface area (Å²) in [6.45, 7) is 7.81. The predicted octanol–water partition coefficient (Wildman–Crippen LogP) is 3.85. The van der Waals surface area contributed by atoms with Crippen LogP contribution in [0.5, 0.6) is 0 Å². The van der Waals surface area contributed by atoms with Gasteiger partial charge in [-0.05, 0) is 30.5 Å². The van der Waals surface area contributed by atoms with E-state index in [1.54, 1.807) is 0 Å². The summed E-state index contributed by atoms with van der Waals surface area (Å²) in [4.78, 5) is 0. The first-order chi connectivity index (χ1) is 6.58. The third-order valence-electron chi connectivity index (χ3n) is 3.40. The highest BCUT2D eigenvalue weighted by Gasteiger charge is 2.35. The van der Waals surface area contributed by atoms with Crippen molar-refractivity contribution in [2.24, 2.45) is 0 Å². The number of halogens is 1. The molecule has 14 heavy (non-hydrogen) atoms. The fraction of sp³-hybridized carbons (Fsp3) is 0.500. The number of hydrogen-bond donors (Lipinski definition) is 1. The molecule has 2 heteroatoms. The van der Waals surface area contributed by atoms with Gasteiger partial charge in [0.25, 0.3) is 0 Å². The maximum atomic E-state index is 3.66. The van der Waals surface area contributed by atoms with Crippen LogP contribution in [0.2, 0.25) is 0 Å². The van der Waals surface area contributed by atoms with Gasteiger partial charge in [-0.15, -0.1) is 0 Å². The maximum absolute atomic E-state index is 3.66. The summed E-state index contributed by atoms with van der Waals surface area (Å²) in [6, 6.07) is 4.33. The molecule has 0 saturated heterocycles. The zero-order chi connectivity index (χ0) is 10.3. The SMILES string of the molecule is CCC1(C)CNc2c(C)ccc(Br)c21. The molecule has 1 unspecified atom stereocenters. The van der Waals surface area contributed by atoms with E-state index in [4.69, 9.17) is 0 Å². The van der Waals surface area contributed by atoms with Crippen LogP contribution in [0.1, 0.15) is 31.4 Å². The van der Waals surface area contributed by atoms with E-state index in [1.807, 2.05) is 0 Å². The molecule has 0 aliphatic carbocycles. The summed E-state index contributed by atoms with van der Waals surface area (Å²) in [5.41, 5.74) is 4.43. The van der Waals surface area contributed by atoms with E-state index in [0.717, 1.165) is 6.54 Å². The minimum absolute atomic E-state index is 0.292. The molecule has 1 aliphatic heterocycles. The van der Waals surface area contributed by atoms with Crippen molar-refractivity contribution in [3.63, 3.8) is 0 Å². The third kappa shape index (κ3) is 1.28. The fourth-order valence-electron chi connectivity index (χ4n) is 2.17. The van der Waals surface area contributed by atoms with Gasteiger partial charge in [0.05, 0.1) is 0 Å². The molecule has 76 valence electrons. The largest absolute Gasteiger partial charge is 0.384 e. The van der Waals surface area contributed by atoms with Crippen molar-refractivity contribution in [1.29, 1.82) is 0 Å². The molecular weight excluding hydrogens is 238 g/mol. The molecule has 1 atom stereocenters. The van der Waals surface area contributed by atoms with E-state index in [0.29, 0.717) is 5.41 Å². The number of benzene rings is 1. The van der Waals surface area contributed by atoms with Gasteiger partial charge in [0, 0.05) is 22.1 Å². The molecule has 1 aliphatic rings. The van der Waals surface area contributed by atoms with Crippen LogP contribution >= 0.6 is 15.9 Å².